The first-order valence-corrected chi connectivity index (χ1v) is 8.30. The summed E-state index contributed by atoms with van der Waals surface area (Å²) in [7, 11) is 0. The molecule has 0 saturated carbocycles. The van der Waals surface area contributed by atoms with Gasteiger partial charge in [-0.15, -0.1) is 0 Å². The van der Waals surface area contributed by atoms with Gasteiger partial charge in [-0.05, 0) is 24.3 Å². The zero-order valence-corrected chi connectivity index (χ0v) is 13.7. The Labute approximate surface area is 144 Å². The van der Waals surface area contributed by atoms with E-state index in [1.807, 2.05) is 24.3 Å². The van der Waals surface area contributed by atoms with Gasteiger partial charge in [0.2, 0.25) is 5.91 Å². The lowest BCUT2D eigenvalue weighted by Gasteiger charge is -2.27. The van der Waals surface area contributed by atoms with Crippen LogP contribution in [-0.2, 0) is 16.1 Å². The van der Waals surface area contributed by atoms with Crippen molar-refractivity contribution in [2.24, 2.45) is 0 Å². The second-order valence-corrected chi connectivity index (χ2v) is 5.98. The summed E-state index contributed by atoms with van der Waals surface area (Å²) < 4.78 is 21.4. The molecule has 5 nitrogen and oxygen atoms in total. The number of hydrogen-bond acceptors (Lipinski definition) is 3. The van der Waals surface area contributed by atoms with Gasteiger partial charge in [-0.3, -0.25) is 4.79 Å². The summed E-state index contributed by atoms with van der Waals surface area (Å²) in [5, 5.41) is 0. The van der Waals surface area contributed by atoms with E-state index in [9.17, 15) is 9.18 Å². The average Bonchev–Trinajstić information content (AvgIpc) is 3.01. The second-order valence-electron chi connectivity index (χ2n) is 5.98. The lowest BCUT2D eigenvalue weighted by atomic mass is 10.2. The van der Waals surface area contributed by atoms with Gasteiger partial charge in [0.15, 0.2) is 0 Å². The highest BCUT2D eigenvalue weighted by Gasteiger charge is 2.21. The van der Waals surface area contributed by atoms with Crippen molar-refractivity contribution < 1.29 is 13.9 Å². The van der Waals surface area contributed by atoms with Gasteiger partial charge in [-0.2, -0.15) is 0 Å². The van der Waals surface area contributed by atoms with Gasteiger partial charge < -0.3 is 14.2 Å². The molecule has 2 aromatic carbocycles. The number of ether oxygens (including phenoxy) is 1. The molecule has 1 aromatic heterocycles. The van der Waals surface area contributed by atoms with Crippen molar-refractivity contribution in [3.05, 3.63) is 54.3 Å². The summed E-state index contributed by atoms with van der Waals surface area (Å²) >= 11 is 0. The maximum absolute atomic E-state index is 14.3. The minimum Gasteiger partial charge on any atom is -0.378 e. The normalized spacial score (nSPS) is 14.8. The van der Waals surface area contributed by atoms with Crippen LogP contribution >= 0.6 is 0 Å². The molecule has 2 heterocycles. The fraction of sp³-hybridized carbons (Fsp3) is 0.263. The highest BCUT2D eigenvalue weighted by molar-refractivity contribution is 5.84. The molecule has 0 bridgehead atoms. The van der Waals surface area contributed by atoms with Crippen LogP contribution in [0.4, 0.5) is 4.39 Å². The Balaban J connectivity index is 1.77. The number of nitrogens with zero attached hydrogens (tertiary/aromatic N) is 3. The summed E-state index contributed by atoms with van der Waals surface area (Å²) in [6, 6.07) is 14.1. The number of imidazole rings is 1. The van der Waals surface area contributed by atoms with Crippen molar-refractivity contribution in [1.29, 1.82) is 0 Å². The second kappa shape index (κ2) is 6.64. The molecular formula is C19H18FN3O2. The lowest BCUT2D eigenvalue weighted by Crippen LogP contribution is -2.42. The van der Waals surface area contributed by atoms with E-state index < -0.39 is 0 Å². The molecule has 1 fully saturated rings. The summed E-state index contributed by atoms with van der Waals surface area (Å²) in [6.45, 7) is 2.40. The number of para-hydroxylation sites is 2. The molecule has 6 heteroatoms. The van der Waals surface area contributed by atoms with E-state index in [0.29, 0.717) is 37.7 Å². The summed E-state index contributed by atoms with van der Waals surface area (Å²) in [6.07, 6.45) is 0. The minimum atomic E-state index is -0.349. The van der Waals surface area contributed by atoms with Crippen LogP contribution in [0.15, 0.2) is 48.5 Å². The van der Waals surface area contributed by atoms with Crippen molar-refractivity contribution >= 4 is 16.9 Å². The first kappa shape index (κ1) is 15.8. The van der Waals surface area contributed by atoms with Crippen LogP contribution in [0.1, 0.15) is 0 Å². The Morgan fingerprint density at radius 1 is 1.08 bits per heavy atom. The number of morpholine rings is 1. The molecule has 1 saturated heterocycles. The van der Waals surface area contributed by atoms with Crippen molar-refractivity contribution in [3.8, 4) is 11.4 Å². The Morgan fingerprint density at radius 2 is 1.80 bits per heavy atom. The Morgan fingerprint density at radius 3 is 2.60 bits per heavy atom. The first-order valence-electron chi connectivity index (χ1n) is 8.30. The third-order valence-electron chi connectivity index (χ3n) is 4.43. The topological polar surface area (TPSA) is 47.4 Å². The quantitative estimate of drug-likeness (QED) is 0.737. The van der Waals surface area contributed by atoms with Crippen LogP contribution in [-0.4, -0.2) is 46.7 Å². The van der Waals surface area contributed by atoms with E-state index in [0.717, 1.165) is 11.0 Å². The third kappa shape index (κ3) is 3.00. The fourth-order valence-electron chi connectivity index (χ4n) is 3.13. The minimum absolute atomic E-state index is 0.0101. The van der Waals surface area contributed by atoms with Gasteiger partial charge in [0.1, 0.15) is 18.2 Å². The molecule has 128 valence electrons. The number of carbonyl (C=O) groups excluding carboxylic acids is 1. The van der Waals surface area contributed by atoms with Gasteiger partial charge in [-0.25, -0.2) is 9.37 Å². The van der Waals surface area contributed by atoms with Gasteiger partial charge in [0, 0.05) is 13.1 Å². The molecule has 1 aliphatic rings. The van der Waals surface area contributed by atoms with E-state index in [4.69, 9.17) is 4.74 Å². The number of halogens is 1. The van der Waals surface area contributed by atoms with Crippen molar-refractivity contribution in [1.82, 2.24) is 14.5 Å². The number of benzene rings is 2. The van der Waals surface area contributed by atoms with Gasteiger partial charge in [0.25, 0.3) is 0 Å². The van der Waals surface area contributed by atoms with Crippen molar-refractivity contribution in [2.75, 3.05) is 26.3 Å². The molecular weight excluding hydrogens is 321 g/mol. The zero-order valence-electron chi connectivity index (χ0n) is 13.7. The number of amides is 1. The van der Waals surface area contributed by atoms with Gasteiger partial charge >= 0.3 is 0 Å². The van der Waals surface area contributed by atoms with Crippen LogP contribution in [0.5, 0.6) is 0 Å². The van der Waals surface area contributed by atoms with Crippen LogP contribution in [0.25, 0.3) is 22.4 Å². The molecule has 0 aliphatic carbocycles. The van der Waals surface area contributed by atoms with Crippen molar-refractivity contribution in [2.45, 2.75) is 6.54 Å². The number of rotatable bonds is 3. The molecule has 1 amide bonds. The molecule has 0 N–H and O–H groups in total. The van der Waals surface area contributed by atoms with E-state index in [2.05, 4.69) is 4.98 Å². The van der Waals surface area contributed by atoms with Crippen LogP contribution in [0.3, 0.4) is 0 Å². The molecule has 3 aromatic rings. The van der Waals surface area contributed by atoms with Crippen LogP contribution < -0.4 is 0 Å². The van der Waals surface area contributed by atoms with Crippen molar-refractivity contribution in [3.63, 3.8) is 0 Å². The van der Waals surface area contributed by atoms with Crippen LogP contribution in [0.2, 0.25) is 0 Å². The molecule has 0 radical (unpaired) electrons. The van der Waals surface area contributed by atoms with E-state index in [-0.39, 0.29) is 18.3 Å². The molecule has 4 rings (SSSR count). The van der Waals surface area contributed by atoms with E-state index in [1.54, 1.807) is 27.7 Å². The van der Waals surface area contributed by atoms with Gasteiger partial charge in [0.05, 0.1) is 29.8 Å². The Bertz CT molecular complexity index is 916. The maximum Gasteiger partial charge on any atom is 0.242 e. The largest absolute Gasteiger partial charge is 0.378 e. The smallest absolute Gasteiger partial charge is 0.242 e. The molecule has 0 unspecified atom stereocenters. The lowest BCUT2D eigenvalue weighted by molar-refractivity contribution is -0.135. The standard InChI is InChI=1S/C19H18FN3O2/c20-15-6-2-1-5-14(15)19-21-16-7-3-4-8-17(16)23(19)13-18(24)22-9-11-25-12-10-22/h1-8H,9-13H2. The predicted molar refractivity (Wildman–Crippen MR) is 92.5 cm³/mol. The number of carbonyl (C=O) groups is 1. The fourth-order valence-corrected chi connectivity index (χ4v) is 3.13. The molecule has 1 aliphatic heterocycles. The van der Waals surface area contributed by atoms with Crippen LogP contribution in [0, 0.1) is 5.82 Å². The summed E-state index contributed by atoms with van der Waals surface area (Å²) in [5.41, 5.74) is 1.96. The SMILES string of the molecule is O=C(Cn1c(-c2ccccc2F)nc2ccccc21)N1CCOCC1. The number of fused-ring (bicyclic) bond motifs is 1. The molecule has 0 spiro atoms. The summed E-state index contributed by atoms with van der Waals surface area (Å²) in [5.74, 6) is 0.114. The number of aromatic nitrogens is 2. The van der Waals surface area contributed by atoms with E-state index >= 15 is 0 Å². The first-order chi connectivity index (χ1) is 12.2. The Hall–Kier alpha value is -2.73. The average molecular weight is 339 g/mol. The highest BCUT2D eigenvalue weighted by Crippen LogP contribution is 2.27. The van der Waals surface area contributed by atoms with E-state index in [1.165, 1.54) is 6.07 Å². The van der Waals surface area contributed by atoms with Gasteiger partial charge in [-0.1, -0.05) is 24.3 Å². The molecule has 0 atom stereocenters. The predicted octanol–water partition coefficient (Wildman–Crippen LogP) is 2.70. The monoisotopic (exact) mass is 339 g/mol. The number of hydrogen-bond donors (Lipinski definition) is 0. The maximum atomic E-state index is 14.3. The zero-order chi connectivity index (χ0) is 17.2. The third-order valence-corrected chi connectivity index (χ3v) is 4.43. The Kier molecular flexibility index (Phi) is 4.19. The summed E-state index contributed by atoms with van der Waals surface area (Å²) in [4.78, 5) is 19.1. The molecule has 25 heavy (non-hydrogen) atoms. The highest BCUT2D eigenvalue weighted by atomic mass is 19.1.